The molecule has 3 unspecified atom stereocenters. The number of rotatable bonds is 2. The van der Waals surface area contributed by atoms with Crippen molar-refractivity contribution >= 4 is 11.6 Å². The van der Waals surface area contributed by atoms with Crippen molar-refractivity contribution in [2.24, 2.45) is 0 Å². The molecular weight excluding hydrogens is 264 g/mol. The second-order valence-electron chi connectivity index (χ2n) is 6.36. The predicted molar refractivity (Wildman–Crippen MR) is 81.4 cm³/mol. The van der Waals surface area contributed by atoms with Gasteiger partial charge in [0.1, 0.15) is 0 Å². The number of amides is 1. The number of fused-ring (bicyclic) bond motifs is 2. The van der Waals surface area contributed by atoms with Gasteiger partial charge in [-0.2, -0.15) is 0 Å². The summed E-state index contributed by atoms with van der Waals surface area (Å²) in [4.78, 5) is 14.8. The number of nitrogens with one attached hydrogen (secondary N) is 1. The molecule has 21 heavy (non-hydrogen) atoms. The van der Waals surface area contributed by atoms with Gasteiger partial charge in [0.25, 0.3) is 0 Å². The van der Waals surface area contributed by atoms with Crippen LogP contribution in [0.15, 0.2) is 24.3 Å². The minimum atomic E-state index is 0.289. The summed E-state index contributed by atoms with van der Waals surface area (Å²) < 4.78 is 5.80. The highest BCUT2D eigenvalue weighted by molar-refractivity contribution is 5.79. The molecule has 2 heterocycles. The van der Waals surface area contributed by atoms with E-state index in [9.17, 15) is 4.79 Å². The molecule has 0 bridgehead atoms. The van der Waals surface area contributed by atoms with Gasteiger partial charge in [-0.15, -0.1) is 0 Å². The molecule has 2 fully saturated rings. The fourth-order valence-corrected chi connectivity index (χ4v) is 4.10. The molecular formula is C17H22N2O2. The first-order chi connectivity index (χ1) is 10.3. The van der Waals surface area contributed by atoms with Crippen molar-refractivity contribution in [3.05, 3.63) is 29.8 Å². The second kappa shape index (κ2) is 5.34. The van der Waals surface area contributed by atoms with Crippen LogP contribution in [0.4, 0.5) is 5.69 Å². The minimum Gasteiger partial charge on any atom is -0.384 e. The maximum Gasteiger partial charge on any atom is 0.223 e. The van der Waals surface area contributed by atoms with Crippen molar-refractivity contribution in [3.63, 3.8) is 0 Å². The van der Waals surface area contributed by atoms with Gasteiger partial charge in [0.05, 0.1) is 18.8 Å². The van der Waals surface area contributed by atoms with Crippen LogP contribution in [0.1, 0.15) is 37.2 Å². The molecule has 3 atom stereocenters. The number of morpholine rings is 1. The normalized spacial score (nSPS) is 30.7. The highest BCUT2D eigenvalue weighted by atomic mass is 16.5. The van der Waals surface area contributed by atoms with E-state index in [0.29, 0.717) is 30.9 Å². The number of hydrogen-bond donors (Lipinski definition) is 1. The predicted octanol–water partition coefficient (Wildman–Crippen LogP) is 2.37. The number of carbonyl (C=O) groups excluding carboxylic acids is 1. The van der Waals surface area contributed by atoms with E-state index in [1.807, 2.05) is 6.07 Å². The van der Waals surface area contributed by atoms with Gasteiger partial charge in [-0.3, -0.25) is 4.79 Å². The Kier molecular flexibility index (Phi) is 3.34. The highest BCUT2D eigenvalue weighted by Crippen LogP contribution is 2.35. The average Bonchev–Trinajstić information content (AvgIpc) is 3.14. The second-order valence-corrected chi connectivity index (χ2v) is 6.36. The lowest BCUT2D eigenvalue weighted by Crippen LogP contribution is -2.51. The summed E-state index contributed by atoms with van der Waals surface area (Å²) in [6.07, 6.45) is 4.31. The largest absolute Gasteiger partial charge is 0.384 e. The first-order valence-electron chi connectivity index (χ1n) is 8.07. The van der Waals surface area contributed by atoms with Crippen molar-refractivity contribution in [1.82, 2.24) is 4.90 Å². The number of hydrogen-bond acceptors (Lipinski definition) is 3. The smallest absolute Gasteiger partial charge is 0.223 e. The lowest BCUT2D eigenvalue weighted by atomic mass is 9.96. The molecule has 3 aliphatic rings. The molecule has 1 amide bonds. The van der Waals surface area contributed by atoms with Crippen LogP contribution in [0.5, 0.6) is 0 Å². The molecule has 1 aliphatic carbocycles. The standard InChI is InChI=1S/C17H22N2O2/c20-17(19-8-9-21-16-7-3-6-15(16)19)10-12-11-18-14-5-2-1-4-13(12)14/h1-2,4-5,12,15-16,18H,3,6-11H2. The summed E-state index contributed by atoms with van der Waals surface area (Å²) in [5.41, 5.74) is 2.48. The van der Waals surface area contributed by atoms with Crippen LogP contribution in [0, 0.1) is 0 Å². The first kappa shape index (κ1) is 13.1. The Bertz CT molecular complexity index is 545. The Hall–Kier alpha value is -1.55. The maximum absolute atomic E-state index is 12.7. The lowest BCUT2D eigenvalue weighted by Gasteiger charge is -2.38. The highest BCUT2D eigenvalue weighted by Gasteiger charge is 2.39. The van der Waals surface area contributed by atoms with Gasteiger partial charge < -0.3 is 15.0 Å². The number of benzene rings is 1. The molecule has 112 valence electrons. The van der Waals surface area contributed by atoms with E-state index in [1.54, 1.807) is 0 Å². The number of anilines is 1. The zero-order chi connectivity index (χ0) is 14.2. The van der Waals surface area contributed by atoms with E-state index >= 15 is 0 Å². The number of nitrogens with zero attached hydrogens (tertiary/aromatic N) is 1. The van der Waals surface area contributed by atoms with Crippen molar-refractivity contribution < 1.29 is 9.53 Å². The van der Waals surface area contributed by atoms with E-state index in [4.69, 9.17) is 4.74 Å². The van der Waals surface area contributed by atoms with E-state index in [-0.39, 0.29) is 6.10 Å². The van der Waals surface area contributed by atoms with Crippen molar-refractivity contribution in [1.29, 1.82) is 0 Å². The van der Waals surface area contributed by atoms with E-state index < -0.39 is 0 Å². The quantitative estimate of drug-likeness (QED) is 0.907. The van der Waals surface area contributed by atoms with Gasteiger partial charge in [0.15, 0.2) is 0 Å². The van der Waals surface area contributed by atoms with Crippen LogP contribution in [0.25, 0.3) is 0 Å². The Morgan fingerprint density at radius 3 is 3.19 bits per heavy atom. The van der Waals surface area contributed by atoms with Gasteiger partial charge in [-0.05, 0) is 30.9 Å². The molecule has 1 saturated carbocycles. The van der Waals surface area contributed by atoms with Gasteiger partial charge in [-0.1, -0.05) is 18.2 Å². The third-order valence-corrected chi connectivity index (χ3v) is 5.16. The Labute approximate surface area is 125 Å². The van der Waals surface area contributed by atoms with Crippen LogP contribution in [0.3, 0.4) is 0 Å². The third kappa shape index (κ3) is 2.31. The molecule has 1 aromatic carbocycles. The van der Waals surface area contributed by atoms with Crippen LogP contribution in [-0.4, -0.2) is 42.6 Å². The molecule has 0 aromatic heterocycles. The van der Waals surface area contributed by atoms with Gasteiger partial charge in [0.2, 0.25) is 5.91 Å². The number of ether oxygens (including phenoxy) is 1. The van der Waals surface area contributed by atoms with E-state index in [1.165, 1.54) is 17.7 Å². The number of carbonyl (C=O) groups is 1. The monoisotopic (exact) mass is 286 g/mol. The summed E-state index contributed by atoms with van der Waals surface area (Å²) in [6.45, 7) is 2.34. The van der Waals surface area contributed by atoms with Crippen LogP contribution in [-0.2, 0) is 9.53 Å². The van der Waals surface area contributed by atoms with Crippen molar-refractivity contribution in [2.75, 3.05) is 25.0 Å². The fraction of sp³-hybridized carbons (Fsp3) is 0.588. The van der Waals surface area contributed by atoms with Gasteiger partial charge in [0, 0.05) is 31.1 Å². The summed E-state index contributed by atoms with van der Waals surface area (Å²) >= 11 is 0. The minimum absolute atomic E-state index is 0.289. The molecule has 1 aromatic rings. The Balaban J connectivity index is 1.46. The van der Waals surface area contributed by atoms with Crippen LogP contribution < -0.4 is 5.32 Å². The average molecular weight is 286 g/mol. The zero-order valence-electron chi connectivity index (χ0n) is 12.3. The molecule has 2 aliphatic heterocycles. The summed E-state index contributed by atoms with van der Waals surface area (Å²) in [5, 5.41) is 3.41. The third-order valence-electron chi connectivity index (χ3n) is 5.16. The Morgan fingerprint density at radius 2 is 2.24 bits per heavy atom. The van der Waals surface area contributed by atoms with Crippen LogP contribution in [0.2, 0.25) is 0 Å². The first-order valence-corrected chi connectivity index (χ1v) is 8.07. The number of para-hydroxylation sites is 1. The molecule has 0 spiro atoms. The van der Waals surface area contributed by atoms with Crippen LogP contribution >= 0.6 is 0 Å². The van der Waals surface area contributed by atoms with Crippen molar-refractivity contribution in [2.45, 2.75) is 43.7 Å². The van der Waals surface area contributed by atoms with Gasteiger partial charge >= 0.3 is 0 Å². The Morgan fingerprint density at radius 1 is 1.33 bits per heavy atom. The topological polar surface area (TPSA) is 41.6 Å². The fourth-order valence-electron chi connectivity index (χ4n) is 4.10. The summed E-state index contributed by atoms with van der Waals surface area (Å²) in [5.74, 6) is 0.620. The molecule has 0 radical (unpaired) electrons. The molecule has 4 heteroatoms. The molecule has 4 nitrogen and oxygen atoms in total. The SMILES string of the molecule is O=C(CC1CNc2ccccc21)N1CCOC2CCCC21. The zero-order valence-corrected chi connectivity index (χ0v) is 12.3. The van der Waals surface area contributed by atoms with E-state index in [2.05, 4.69) is 28.4 Å². The summed E-state index contributed by atoms with van der Waals surface area (Å²) in [7, 11) is 0. The molecule has 1 N–H and O–H groups in total. The summed E-state index contributed by atoms with van der Waals surface area (Å²) in [6, 6.07) is 8.68. The van der Waals surface area contributed by atoms with Gasteiger partial charge in [-0.25, -0.2) is 0 Å². The van der Waals surface area contributed by atoms with Crippen molar-refractivity contribution in [3.8, 4) is 0 Å². The maximum atomic E-state index is 12.7. The lowest BCUT2D eigenvalue weighted by molar-refractivity contribution is -0.144. The molecule has 1 saturated heterocycles. The van der Waals surface area contributed by atoms with E-state index in [0.717, 1.165) is 25.9 Å². The molecule has 4 rings (SSSR count).